The van der Waals surface area contributed by atoms with Crippen molar-refractivity contribution >= 4 is 11.8 Å². The first-order chi connectivity index (χ1) is 12.7. The summed E-state index contributed by atoms with van der Waals surface area (Å²) >= 11 is 0. The number of furan rings is 1. The van der Waals surface area contributed by atoms with Crippen molar-refractivity contribution < 1.29 is 14.0 Å². The van der Waals surface area contributed by atoms with Crippen LogP contribution in [-0.4, -0.2) is 69.9 Å². The van der Waals surface area contributed by atoms with Gasteiger partial charge in [-0.25, -0.2) is 4.98 Å². The minimum atomic E-state index is -0.462. The Morgan fingerprint density at radius 1 is 1.23 bits per heavy atom. The summed E-state index contributed by atoms with van der Waals surface area (Å²) < 4.78 is 7.61. The zero-order chi connectivity index (χ0) is 17.9. The summed E-state index contributed by atoms with van der Waals surface area (Å²) in [4.78, 5) is 33.3. The molecular formula is C18H23N5O3. The normalized spacial score (nSPS) is 20.5. The highest BCUT2D eigenvalue weighted by atomic mass is 16.4. The molecule has 2 aromatic rings. The van der Waals surface area contributed by atoms with Crippen molar-refractivity contribution in [2.24, 2.45) is 0 Å². The van der Waals surface area contributed by atoms with E-state index >= 15 is 0 Å². The van der Waals surface area contributed by atoms with Gasteiger partial charge in [-0.2, -0.15) is 0 Å². The molecule has 2 amide bonds. The number of carbonyl (C=O) groups is 2. The van der Waals surface area contributed by atoms with Crippen molar-refractivity contribution in [2.75, 3.05) is 32.7 Å². The van der Waals surface area contributed by atoms with Crippen LogP contribution in [0.3, 0.4) is 0 Å². The van der Waals surface area contributed by atoms with Crippen molar-refractivity contribution in [2.45, 2.75) is 25.4 Å². The Morgan fingerprint density at radius 2 is 2.08 bits per heavy atom. The van der Waals surface area contributed by atoms with E-state index in [4.69, 9.17) is 4.42 Å². The molecule has 0 aromatic carbocycles. The molecule has 138 valence electrons. The first-order valence-electron chi connectivity index (χ1n) is 9.07. The van der Waals surface area contributed by atoms with E-state index in [1.807, 2.05) is 15.7 Å². The number of carbonyl (C=O) groups excluding carboxylic acids is 2. The van der Waals surface area contributed by atoms with Crippen LogP contribution >= 0.6 is 0 Å². The molecule has 2 aliphatic rings. The molecule has 8 heteroatoms. The number of hydrogen-bond donors (Lipinski definition) is 1. The Labute approximate surface area is 151 Å². The van der Waals surface area contributed by atoms with Crippen molar-refractivity contribution in [1.29, 1.82) is 0 Å². The van der Waals surface area contributed by atoms with E-state index in [9.17, 15) is 9.59 Å². The molecule has 1 atom stereocenters. The van der Waals surface area contributed by atoms with Crippen LogP contribution in [-0.2, 0) is 11.3 Å². The van der Waals surface area contributed by atoms with Crippen molar-refractivity contribution in [1.82, 2.24) is 24.7 Å². The first-order valence-corrected chi connectivity index (χ1v) is 9.07. The Balaban J connectivity index is 1.48. The summed E-state index contributed by atoms with van der Waals surface area (Å²) in [5.41, 5.74) is 0. The average Bonchev–Trinajstić information content (AvgIpc) is 3.43. The third kappa shape index (κ3) is 3.37. The van der Waals surface area contributed by atoms with Crippen molar-refractivity contribution in [3.63, 3.8) is 0 Å². The number of nitrogens with one attached hydrogen (secondary N) is 1. The summed E-state index contributed by atoms with van der Waals surface area (Å²) in [6.07, 6.45) is 7.31. The highest BCUT2D eigenvalue weighted by molar-refractivity contribution is 5.96. The zero-order valence-electron chi connectivity index (χ0n) is 14.6. The molecule has 0 radical (unpaired) electrons. The lowest BCUT2D eigenvalue weighted by molar-refractivity contribution is -0.135. The van der Waals surface area contributed by atoms with E-state index in [1.54, 1.807) is 29.6 Å². The molecule has 0 bridgehead atoms. The minimum absolute atomic E-state index is 0.0354. The lowest BCUT2D eigenvalue weighted by Crippen LogP contribution is -2.59. The Kier molecular flexibility index (Phi) is 4.75. The number of hydrogen-bond acceptors (Lipinski definition) is 5. The van der Waals surface area contributed by atoms with Crippen LogP contribution < -0.4 is 5.32 Å². The largest absolute Gasteiger partial charge is 0.454 e. The van der Waals surface area contributed by atoms with Gasteiger partial charge in [0.2, 0.25) is 5.91 Å². The summed E-state index contributed by atoms with van der Waals surface area (Å²) in [5, 5.41) is 3.23. The standard InChI is InChI=1S/C18H23N5O3/c24-17(22-7-1-2-8-22)15-11-19-6-10-23(15)18(25)16-4-3-14(26-16)12-21-9-5-20-13-21/h3-5,9,13,15,19H,1-2,6-8,10-12H2. The Morgan fingerprint density at radius 3 is 2.85 bits per heavy atom. The molecule has 1 N–H and O–H groups in total. The van der Waals surface area contributed by atoms with Gasteiger partial charge < -0.3 is 24.1 Å². The van der Waals surface area contributed by atoms with Crippen LogP contribution in [0.4, 0.5) is 0 Å². The maximum atomic E-state index is 13.0. The van der Waals surface area contributed by atoms with Crippen LogP contribution in [0.15, 0.2) is 35.3 Å². The molecule has 4 heterocycles. The number of likely N-dealkylation sites (tertiary alicyclic amines) is 1. The SMILES string of the molecule is O=C(C1CNCCN1C(=O)c1ccc(Cn2ccnc2)o1)N1CCCC1. The first kappa shape index (κ1) is 16.8. The average molecular weight is 357 g/mol. The predicted octanol–water partition coefficient (Wildman–Crippen LogP) is 0.561. The highest BCUT2D eigenvalue weighted by Crippen LogP contribution is 2.18. The lowest BCUT2D eigenvalue weighted by atomic mass is 10.1. The monoisotopic (exact) mass is 357 g/mol. The fourth-order valence-corrected chi connectivity index (χ4v) is 3.60. The molecular weight excluding hydrogens is 334 g/mol. The fourth-order valence-electron chi connectivity index (χ4n) is 3.60. The van der Waals surface area contributed by atoms with Gasteiger partial charge >= 0.3 is 0 Å². The molecule has 8 nitrogen and oxygen atoms in total. The van der Waals surface area contributed by atoms with E-state index < -0.39 is 6.04 Å². The smallest absolute Gasteiger partial charge is 0.290 e. The van der Waals surface area contributed by atoms with Crippen LogP contribution in [0.2, 0.25) is 0 Å². The second-order valence-electron chi connectivity index (χ2n) is 6.75. The molecule has 2 saturated heterocycles. The Bertz CT molecular complexity index is 764. The van der Waals surface area contributed by atoms with E-state index in [2.05, 4.69) is 10.3 Å². The van der Waals surface area contributed by atoms with E-state index in [-0.39, 0.29) is 17.6 Å². The Hall–Kier alpha value is -2.61. The summed E-state index contributed by atoms with van der Waals surface area (Å²) in [6, 6.07) is 3.03. The fraction of sp³-hybridized carbons (Fsp3) is 0.500. The van der Waals surface area contributed by atoms with Gasteiger partial charge in [-0.1, -0.05) is 0 Å². The predicted molar refractivity (Wildman–Crippen MR) is 93.5 cm³/mol. The lowest BCUT2D eigenvalue weighted by Gasteiger charge is -2.36. The third-order valence-electron chi connectivity index (χ3n) is 4.98. The van der Waals surface area contributed by atoms with Gasteiger partial charge in [0, 0.05) is 45.1 Å². The van der Waals surface area contributed by atoms with Crippen molar-refractivity contribution in [3.05, 3.63) is 42.4 Å². The second kappa shape index (κ2) is 7.33. The van der Waals surface area contributed by atoms with Gasteiger partial charge in [-0.15, -0.1) is 0 Å². The van der Waals surface area contributed by atoms with Gasteiger partial charge in [0.1, 0.15) is 11.8 Å². The zero-order valence-corrected chi connectivity index (χ0v) is 14.6. The molecule has 2 aromatic heterocycles. The van der Waals surface area contributed by atoms with E-state index in [0.29, 0.717) is 31.9 Å². The molecule has 26 heavy (non-hydrogen) atoms. The quantitative estimate of drug-likeness (QED) is 0.864. The molecule has 2 aliphatic heterocycles. The van der Waals surface area contributed by atoms with Crippen LogP contribution in [0, 0.1) is 0 Å². The van der Waals surface area contributed by atoms with E-state index in [0.717, 1.165) is 25.9 Å². The highest BCUT2D eigenvalue weighted by Gasteiger charge is 2.36. The maximum Gasteiger partial charge on any atom is 0.290 e. The topological polar surface area (TPSA) is 83.6 Å². The number of nitrogens with zero attached hydrogens (tertiary/aromatic N) is 4. The molecule has 0 saturated carbocycles. The van der Waals surface area contributed by atoms with E-state index in [1.165, 1.54) is 0 Å². The van der Waals surface area contributed by atoms with Gasteiger partial charge in [-0.3, -0.25) is 9.59 Å². The summed E-state index contributed by atoms with van der Waals surface area (Å²) in [6.45, 7) is 3.76. The molecule has 2 fully saturated rings. The second-order valence-corrected chi connectivity index (χ2v) is 6.75. The maximum absolute atomic E-state index is 13.0. The number of piperazine rings is 1. The van der Waals surface area contributed by atoms with Crippen molar-refractivity contribution in [3.8, 4) is 0 Å². The molecule has 4 rings (SSSR count). The summed E-state index contributed by atoms with van der Waals surface area (Å²) in [7, 11) is 0. The van der Waals surface area contributed by atoms with Gasteiger partial charge in [0.25, 0.3) is 5.91 Å². The van der Waals surface area contributed by atoms with Crippen LogP contribution in [0.1, 0.15) is 29.2 Å². The number of amides is 2. The van der Waals surface area contributed by atoms with Crippen LogP contribution in [0.25, 0.3) is 0 Å². The van der Waals surface area contributed by atoms with Crippen LogP contribution in [0.5, 0.6) is 0 Å². The van der Waals surface area contributed by atoms with Gasteiger partial charge in [0.15, 0.2) is 5.76 Å². The third-order valence-corrected chi connectivity index (χ3v) is 4.98. The minimum Gasteiger partial charge on any atom is -0.454 e. The number of rotatable bonds is 4. The summed E-state index contributed by atoms with van der Waals surface area (Å²) in [5.74, 6) is 0.777. The van der Waals surface area contributed by atoms with Gasteiger partial charge in [-0.05, 0) is 25.0 Å². The number of aromatic nitrogens is 2. The molecule has 1 unspecified atom stereocenters. The van der Waals surface area contributed by atoms with Gasteiger partial charge in [0.05, 0.1) is 12.9 Å². The molecule has 0 aliphatic carbocycles. The number of imidazole rings is 1. The molecule has 0 spiro atoms.